The fraction of sp³-hybridized carbons (Fsp3) is 0.333. The number of rotatable bonds is 3. The molecular formula is C18H23NO. The summed E-state index contributed by atoms with van der Waals surface area (Å²) in [6, 6.07) is 14.8. The Hall–Kier alpha value is -1.80. The summed E-state index contributed by atoms with van der Waals surface area (Å²) in [6.07, 6.45) is 0. The molecule has 0 radical (unpaired) electrons. The van der Waals surface area contributed by atoms with Gasteiger partial charge in [0.1, 0.15) is 5.75 Å². The Morgan fingerprint density at radius 1 is 1.00 bits per heavy atom. The van der Waals surface area contributed by atoms with E-state index >= 15 is 0 Å². The lowest BCUT2D eigenvalue weighted by Crippen LogP contribution is -2.10. The smallest absolute Gasteiger partial charge is 0.119 e. The Kier molecular flexibility index (Phi) is 4.15. The number of methoxy groups -OCH3 is 1. The van der Waals surface area contributed by atoms with E-state index in [1.165, 1.54) is 16.7 Å². The summed E-state index contributed by atoms with van der Waals surface area (Å²) in [7, 11) is 1.67. The molecule has 0 fully saturated rings. The van der Waals surface area contributed by atoms with Gasteiger partial charge in [-0.25, -0.2) is 0 Å². The van der Waals surface area contributed by atoms with E-state index in [1.54, 1.807) is 7.11 Å². The van der Waals surface area contributed by atoms with Crippen LogP contribution in [0, 0.1) is 0 Å². The van der Waals surface area contributed by atoms with Crippen LogP contribution in [0.15, 0.2) is 42.5 Å². The van der Waals surface area contributed by atoms with Crippen molar-refractivity contribution in [2.45, 2.75) is 32.7 Å². The molecular weight excluding hydrogens is 246 g/mol. The van der Waals surface area contributed by atoms with Crippen LogP contribution in [0.5, 0.6) is 5.75 Å². The minimum Gasteiger partial charge on any atom is -0.497 e. The third-order valence-corrected chi connectivity index (χ3v) is 3.59. The highest BCUT2D eigenvalue weighted by Crippen LogP contribution is 2.29. The van der Waals surface area contributed by atoms with E-state index in [-0.39, 0.29) is 5.41 Å². The zero-order valence-electron chi connectivity index (χ0n) is 12.7. The molecule has 0 heterocycles. The van der Waals surface area contributed by atoms with Crippen LogP contribution in [0.3, 0.4) is 0 Å². The molecule has 0 spiro atoms. The fourth-order valence-electron chi connectivity index (χ4n) is 2.30. The van der Waals surface area contributed by atoms with E-state index in [0.717, 1.165) is 11.3 Å². The van der Waals surface area contributed by atoms with Gasteiger partial charge < -0.3 is 10.5 Å². The number of hydrogen-bond donors (Lipinski definition) is 1. The highest BCUT2D eigenvalue weighted by atomic mass is 16.5. The SMILES string of the molecule is COc1ccc(-c2ccc(C(C)(C)C)cc2)c(CN)c1. The predicted molar refractivity (Wildman–Crippen MR) is 85.0 cm³/mol. The van der Waals surface area contributed by atoms with Gasteiger partial charge in [0.2, 0.25) is 0 Å². The molecule has 2 nitrogen and oxygen atoms in total. The maximum atomic E-state index is 5.86. The molecule has 0 atom stereocenters. The number of hydrogen-bond acceptors (Lipinski definition) is 2. The van der Waals surface area contributed by atoms with E-state index < -0.39 is 0 Å². The maximum absolute atomic E-state index is 5.86. The van der Waals surface area contributed by atoms with Gasteiger partial charge in [0.15, 0.2) is 0 Å². The van der Waals surface area contributed by atoms with Crippen LogP contribution in [0.1, 0.15) is 31.9 Å². The Balaban J connectivity index is 2.41. The normalized spacial score (nSPS) is 11.4. The van der Waals surface area contributed by atoms with Gasteiger partial charge in [-0.15, -0.1) is 0 Å². The van der Waals surface area contributed by atoms with Gasteiger partial charge in [-0.3, -0.25) is 0 Å². The van der Waals surface area contributed by atoms with Gasteiger partial charge in [0, 0.05) is 6.54 Å². The summed E-state index contributed by atoms with van der Waals surface area (Å²) >= 11 is 0. The molecule has 0 aromatic heterocycles. The topological polar surface area (TPSA) is 35.2 Å². The van der Waals surface area contributed by atoms with Crippen molar-refractivity contribution in [3.8, 4) is 16.9 Å². The first-order valence-electron chi connectivity index (χ1n) is 6.93. The van der Waals surface area contributed by atoms with Gasteiger partial charge in [0.05, 0.1) is 7.11 Å². The van der Waals surface area contributed by atoms with E-state index in [4.69, 9.17) is 10.5 Å². The lowest BCUT2D eigenvalue weighted by molar-refractivity contribution is 0.414. The molecule has 2 aromatic rings. The molecule has 2 aromatic carbocycles. The Morgan fingerprint density at radius 2 is 1.65 bits per heavy atom. The van der Waals surface area contributed by atoms with Crippen molar-refractivity contribution >= 4 is 0 Å². The summed E-state index contributed by atoms with van der Waals surface area (Å²) in [6.45, 7) is 7.18. The summed E-state index contributed by atoms with van der Waals surface area (Å²) in [5.74, 6) is 0.848. The van der Waals surface area contributed by atoms with E-state index in [9.17, 15) is 0 Å². The van der Waals surface area contributed by atoms with Crippen LogP contribution in [0.2, 0.25) is 0 Å². The molecule has 20 heavy (non-hydrogen) atoms. The molecule has 0 unspecified atom stereocenters. The second kappa shape index (κ2) is 5.68. The quantitative estimate of drug-likeness (QED) is 0.909. The van der Waals surface area contributed by atoms with Crippen LogP contribution in [0.25, 0.3) is 11.1 Å². The highest BCUT2D eigenvalue weighted by molar-refractivity contribution is 5.68. The minimum atomic E-state index is 0.176. The highest BCUT2D eigenvalue weighted by Gasteiger charge is 2.13. The van der Waals surface area contributed by atoms with Crippen LogP contribution >= 0.6 is 0 Å². The summed E-state index contributed by atoms with van der Waals surface area (Å²) in [4.78, 5) is 0. The molecule has 2 heteroatoms. The van der Waals surface area contributed by atoms with Crippen molar-refractivity contribution in [1.82, 2.24) is 0 Å². The average Bonchev–Trinajstić information content (AvgIpc) is 2.45. The van der Waals surface area contributed by atoms with Gasteiger partial charge >= 0.3 is 0 Å². The van der Waals surface area contributed by atoms with Crippen LogP contribution < -0.4 is 10.5 Å². The molecule has 0 aliphatic heterocycles. The maximum Gasteiger partial charge on any atom is 0.119 e. The Morgan fingerprint density at radius 3 is 2.15 bits per heavy atom. The monoisotopic (exact) mass is 269 g/mol. The molecule has 0 aliphatic rings. The Labute approximate surface area is 121 Å². The third-order valence-electron chi connectivity index (χ3n) is 3.59. The molecule has 0 saturated carbocycles. The van der Waals surface area contributed by atoms with Crippen LogP contribution in [-0.4, -0.2) is 7.11 Å². The van der Waals surface area contributed by atoms with Crippen LogP contribution in [-0.2, 0) is 12.0 Å². The first-order chi connectivity index (χ1) is 9.45. The molecule has 2 N–H and O–H groups in total. The second-order valence-electron chi connectivity index (χ2n) is 6.05. The minimum absolute atomic E-state index is 0.176. The van der Waals surface area contributed by atoms with E-state index in [2.05, 4.69) is 51.1 Å². The van der Waals surface area contributed by atoms with Gasteiger partial charge in [-0.1, -0.05) is 51.1 Å². The summed E-state index contributed by atoms with van der Waals surface area (Å²) in [5, 5.41) is 0. The molecule has 2 rings (SSSR count). The third kappa shape index (κ3) is 3.02. The Bertz CT molecular complexity index is 579. The molecule has 0 bridgehead atoms. The van der Waals surface area contributed by atoms with Crippen molar-refractivity contribution in [2.75, 3.05) is 7.11 Å². The molecule has 106 valence electrons. The first-order valence-corrected chi connectivity index (χ1v) is 6.93. The van der Waals surface area contributed by atoms with Crippen molar-refractivity contribution < 1.29 is 4.74 Å². The van der Waals surface area contributed by atoms with Crippen molar-refractivity contribution in [2.24, 2.45) is 5.73 Å². The fourth-order valence-corrected chi connectivity index (χ4v) is 2.30. The van der Waals surface area contributed by atoms with Crippen molar-refractivity contribution in [1.29, 1.82) is 0 Å². The van der Waals surface area contributed by atoms with Crippen molar-refractivity contribution in [3.05, 3.63) is 53.6 Å². The standard InChI is InChI=1S/C18H23NO/c1-18(2,3)15-7-5-13(6-8-15)17-10-9-16(20-4)11-14(17)12-19/h5-11H,12,19H2,1-4H3. The summed E-state index contributed by atoms with van der Waals surface area (Å²) in [5.41, 5.74) is 10.8. The average molecular weight is 269 g/mol. The zero-order chi connectivity index (χ0) is 14.8. The molecule has 0 aliphatic carbocycles. The van der Waals surface area contributed by atoms with Gasteiger partial charge in [0.25, 0.3) is 0 Å². The predicted octanol–water partition coefficient (Wildman–Crippen LogP) is 4.12. The largest absolute Gasteiger partial charge is 0.497 e. The summed E-state index contributed by atoms with van der Waals surface area (Å²) < 4.78 is 5.26. The zero-order valence-corrected chi connectivity index (χ0v) is 12.7. The number of ether oxygens (including phenoxy) is 1. The molecule has 0 amide bonds. The van der Waals surface area contributed by atoms with Gasteiger partial charge in [-0.2, -0.15) is 0 Å². The van der Waals surface area contributed by atoms with Crippen molar-refractivity contribution in [3.63, 3.8) is 0 Å². The first kappa shape index (κ1) is 14.6. The van der Waals surface area contributed by atoms with Crippen LogP contribution in [0.4, 0.5) is 0 Å². The lowest BCUT2D eigenvalue weighted by Gasteiger charge is -2.19. The number of nitrogens with two attached hydrogens (primary N) is 1. The van der Waals surface area contributed by atoms with E-state index in [1.807, 2.05) is 12.1 Å². The lowest BCUT2D eigenvalue weighted by atomic mass is 9.86. The molecule has 0 saturated heterocycles. The van der Waals surface area contributed by atoms with Gasteiger partial charge in [-0.05, 0) is 39.8 Å². The van der Waals surface area contributed by atoms with E-state index in [0.29, 0.717) is 6.54 Å². The second-order valence-corrected chi connectivity index (χ2v) is 6.05. The number of benzene rings is 2.